The smallest absolute Gasteiger partial charge is 0.251 e. The zero-order valence-electron chi connectivity index (χ0n) is 6.32. The third kappa shape index (κ3) is 2.01. The second kappa shape index (κ2) is 2.82. The fourth-order valence-electron chi connectivity index (χ4n) is 0.394. The molecule has 0 saturated carbocycles. The molecule has 9 heavy (non-hydrogen) atoms. The number of amides is 1. The lowest BCUT2D eigenvalue weighted by Gasteiger charge is -2.19. The molecule has 0 spiro atoms. The molecule has 0 aliphatic heterocycles. The number of rotatable bonds is 2. The van der Waals surface area contributed by atoms with Crippen molar-refractivity contribution in [3.8, 4) is 0 Å². The van der Waals surface area contributed by atoms with Gasteiger partial charge in [0.25, 0.3) is 5.91 Å². The molecule has 3 nitrogen and oxygen atoms in total. The molecule has 0 aliphatic rings. The van der Waals surface area contributed by atoms with E-state index in [-0.39, 0.29) is 5.91 Å². The maximum Gasteiger partial charge on any atom is 0.251 e. The Morgan fingerprint density at radius 1 is 1.56 bits per heavy atom. The van der Waals surface area contributed by atoms with Crippen LogP contribution in [0.2, 0.25) is 0 Å². The van der Waals surface area contributed by atoms with E-state index in [9.17, 15) is 4.79 Å². The van der Waals surface area contributed by atoms with Crippen LogP contribution < -0.4 is 5.32 Å². The largest absolute Gasteiger partial charge is 0.369 e. The van der Waals surface area contributed by atoms with Crippen LogP contribution >= 0.6 is 0 Å². The monoisotopic (exact) mass is 131 g/mol. The van der Waals surface area contributed by atoms with Crippen molar-refractivity contribution in [2.45, 2.75) is 19.4 Å². The van der Waals surface area contributed by atoms with Gasteiger partial charge in [-0.3, -0.25) is 4.79 Å². The molecule has 0 radical (unpaired) electrons. The van der Waals surface area contributed by atoms with Gasteiger partial charge in [0.2, 0.25) is 0 Å². The van der Waals surface area contributed by atoms with E-state index in [1.54, 1.807) is 20.9 Å². The summed E-state index contributed by atoms with van der Waals surface area (Å²) in [5.41, 5.74) is -0.700. The average molecular weight is 131 g/mol. The summed E-state index contributed by atoms with van der Waals surface area (Å²) in [6, 6.07) is 0. The highest BCUT2D eigenvalue weighted by Gasteiger charge is 2.24. The summed E-state index contributed by atoms with van der Waals surface area (Å²) in [7, 11) is 3.10. The van der Waals surface area contributed by atoms with E-state index >= 15 is 0 Å². The average Bonchev–Trinajstić information content (AvgIpc) is 1.86. The van der Waals surface area contributed by atoms with Gasteiger partial charge >= 0.3 is 0 Å². The van der Waals surface area contributed by atoms with Gasteiger partial charge < -0.3 is 10.1 Å². The van der Waals surface area contributed by atoms with E-state index in [0.29, 0.717) is 0 Å². The first kappa shape index (κ1) is 8.43. The van der Waals surface area contributed by atoms with Gasteiger partial charge in [0, 0.05) is 14.2 Å². The van der Waals surface area contributed by atoms with Gasteiger partial charge in [-0.2, -0.15) is 0 Å². The fourth-order valence-corrected chi connectivity index (χ4v) is 0.394. The summed E-state index contributed by atoms with van der Waals surface area (Å²) in [5.74, 6) is -0.106. The van der Waals surface area contributed by atoms with Crippen LogP contribution in [-0.4, -0.2) is 25.7 Å². The van der Waals surface area contributed by atoms with Crippen molar-refractivity contribution >= 4 is 5.91 Å². The number of ether oxygens (including phenoxy) is 1. The van der Waals surface area contributed by atoms with Gasteiger partial charge in [-0.05, 0) is 13.8 Å². The van der Waals surface area contributed by atoms with Gasteiger partial charge in [-0.25, -0.2) is 0 Å². The Morgan fingerprint density at radius 3 is 2.11 bits per heavy atom. The van der Waals surface area contributed by atoms with E-state index in [1.807, 2.05) is 0 Å². The highest BCUT2D eigenvalue weighted by molar-refractivity contribution is 5.83. The first-order chi connectivity index (χ1) is 4.04. The van der Waals surface area contributed by atoms with Crippen molar-refractivity contribution in [3.63, 3.8) is 0 Å². The summed E-state index contributed by atoms with van der Waals surface area (Å²) >= 11 is 0. The van der Waals surface area contributed by atoms with Gasteiger partial charge in [0.15, 0.2) is 0 Å². The Bertz CT molecular complexity index is 110. The Morgan fingerprint density at radius 2 is 2.00 bits per heavy atom. The second-order valence-electron chi connectivity index (χ2n) is 2.29. The normalized spacial score (nSPS) is 11.1. The lowest BCUT2D eigenvalue weighted by molar-refractivity contribution is -0.138. The van der Waals surface area contributed by atoms with E-state index < -0.39 is 5.60 Å². The van der Waals surface area contributed by atoms with Crippen molar-refractivity contribution in [2.75, 3.05) is 14.2 Å². The molecule has 0 unspecified atom stereocenters. The number of carbonyl (C=O) groups is 1. The fraction of sp³-hybridized carbons (Fsp3) is 0.833. The van der Waals surface area contributed by atoms with Gasteiger partial charge in [0.1, 0.15) is 5.60 Å². The van der Waals surface area contributed by atoms with Gasteiger partial charge in [-0.15, -0.1) is 0 Å². The molecule has 3 heteroatoms. The molecule has 0 bridgehead atoms. The summed E-state index contributed by atoms with van der Waals surface area (Å²) in [4.78, 5) is 10.8. The van der Waals surface area contributed by atoms with E-state index in [1.165, 1.54) is 7.11 Å². The summed E-state index contributed by atoms with van der Waals surface area (Å²) in [6.07, 6.45) is 0. The Labute approximate surface area is 55.4 Å². The third-order valence-corrected chi connectivity index (χ3v) is 1.28. The maximum atomic E-state index is 10.8. The summed E-state index contributed by atoms with van der Waals surface area (Å²) < 4.78 is 4.88. The van der Waals surface area contributed by atoms with Crippen LogP contribution in [0.25, 0.3) is 0 Å². The SMILES string of the molecule is CNC(=O)C(C)(C)OC. The first-order valence-corrected chi connectivity index (χ1v) is 2.82. The zero-order valence-corrected chi connectivity index (χ0v) is 6.32. The number of carbonyl (C=O) groups excluding carboxylic acids is 1. The summed E-state index contributed by atoms with van der Waals surface area (Å²) in [5, 5.41) is 2.49. The molecule has 0 saturated heterocycles. The molecule has 0 fully saturated rings. The van der Waals surface area contributed by atoms with E-state index in [0.717, 1.165) is 0 Å². The van der Waals surface area contributed by atoms with Crippen molar-refractivity contribution in [1.82, 2.24) is 5.32 Å². The molecule has 0 aromatic rings. The van der Waals surface area contributed by atoms with E-state index in [4.69, 9.17) is 4.74 Å². The molecule has 0 heterocycles. The van der Waals surface area contributed by atoms with Crippen LogP contribution in [0.15, 0.2) is 0 Å². The van der Waals surface area contributed by atoms with Crippen molar-refractivity contribution in [1.29, 1.82) is 0 Å². The third-order valence-electron chi connectivity index (χ3n) is 1.28. The second-order valence-corrected chi connectivity index (χ2v) is 2.29. The van der Waals surface area contributed by atoms with Crippen LogP contribution in [0, 0.1) is 0 Å². The molecule has 0 aromatic carbocycles. The first-order valence-electron chi connectivity index (χ1n) is 2.82. The maximum absolute atomic E-state index is 10.8. The molecule has 1 N–H and O–H groups in total. The number of methoxy groups -OCH3 is 1. The minimum absolute atomic E-state index is 0.106. The zero-order chi connectivity index (χ0) is 7.49. The Kier molecular flexibility index (Phi) is 2.65. The van der Waals surface area contributed by atoms with Crippen molar-refractivity contribution < 1.29 is 9.53 Å². The molecule has 0 atom stereocenters. The van der Waals surface area contributed by atoms with Crippen LogP contribution in [0.4, 0.5) is 0 Å². The van der Waals surface area contributed by atoms with Crippen LogP contribution in [0.1, 0.15) is 13.8 Å². The molecule has 0 aliphatic carbocycles. The molecular weight excluding hydrogens is 118 g/mol. The molecule has 1 amide bonds. The lowest BCUT2D eigenvalue weighted by atomic mass is 10.1. The Hall–Kier alpha value is -0.570. The number of hydrogen-bond donors (Lipinski definition) is 1. The quantitative estimate of drug-likeness (QED) is 0.579. The van der Waals surface area contributed by atoms with Gasteiger partial charge in [0.05, 0.1) is 0 Å². The predicted molar refractivity (Wildman–Crippen MR) is 35.2 cm³/mol. The van der Waals surface area contributed by atoms with Crippen LogP contribution in [0.3, 0.4) is 0 Å². The highest BCUT2D eigenvalue weighted by Crippen LogP contribution is 2.05. The minimum Gasteiger partial charge on any atom is -0.369 e. The Balaban J connectivity index is 3.97. The lowest BCUT2D eigenvalue weighted by Crippen LogP contribution is -2.41. The molecule has 0 aromatic heterocycles. The van der Waals surface area contributed by atoms with Gasteiger partial charge in [-0.1, -0.05) is 0 Å². The molecular formula is C6H13NO2. The summed E-state index contributed by atoms with van der Waals surface area (Å²) in [6.45, 7) is 3.43. The minimum atomic E-state index is -0.700. The van der Waals surface area contributed by atoms with Crippen molar-refractivity contribution in [3.05, 3.63) is 0 Å². The number of hydrogen-bond acceptors (Lipinski definition) is 2. The predicted octanol–water partition coefficient (Wildman–Crippen LogP) is 0.157. The number of nitrogens with one attached hydrogen (secondary N) is 1. The topological polar surface area (TPSA) is 38.3 Å². The highest BCUT2D eigenvalue weighted by atomic mass is 16.5. The standard InChI is InChI=1S/C6H13NO2/c1-6(2,9-4)5(8)7-3/h1-4H3,(H,7,8). The van der Waals surface area contributed by atoms with Crippen LogP contribution in [-0.2, 0) is 9.53 Å². The molecule has 54 valence electrons. The van der Waals surface area contributed by atoms with Crippen molar-refractivity contribution in [2.24, 2.45) is 0 Å². The van der Waals surface area contributed by atoms with Crippen LogP contribution in [0.5, 0.6) is 0 Å². The number of likely N-dealkylation sites (N-methyl/N-ethyl adjacent to an activating group) is 1. The molecule has 0 rings (SSSR count). The van der Waals surface area contributed by atoms with E-state index in [2.05, 4.69) is 5.32 Å².